The van der Waals surface area contributed by atoms with Gasteiger partial charge in [0.1, 0.15) is 5.75 Å². The Kier molecular flexibility index (Phi) is 6.89. The molecule has 1 aromatic carbocycles. The maximum absolute atomic E-state index is 11.8. The first-order chi connectivity index (χ1) is 9.69. The summed E-state index contributed by atoms with van der Waals surface area (Å²) < 4.78 is 14.8. The third-order valence-electron chi connectivity index (χ3n) is 2.55. The summed E-state index contributed by atoms with van der Waals surface area (Å²) in [5, 5.41) is 0. The van der Waals surface area contributed by atoms with Crippen LogP contribution in [0.3, 0.4) is 0 Å². The van der Waals surface area contributed by atoms with E-state index in [9.17, 15) is 9.59 Å². The van der Waals surface area contributed by atoms with Crippen LogP contribution >= 0.6 is 0 Å². The van der Waals surface area contributed by atoms with Crippen LogP contribution in [0.4, 0.5) is 0 Å². The standard InChI is InChI=1S/C15H18O5/c1-3-19-10-4-5-11-20-15(17)14(16)12-6-8-13(18-2)9-7-12/h3,6-9H,1,4-5,10-11H2,2H3. The highest BCUT2D eigenvalue weighted by atomic mass is 16.5. The van der Waals surface area contributed by atoms with Crippen molar-refractivity contribution >= 4 is 11.8 Å². The van der Waals surface area contributed by atoms with Crippen LogP contribution in [0.5, 0.6) is 5.75 Å². The average molecular weight is 278 g/mol. The molecule has 0 saturated heterocycles. The van der Waals surface area contributed by atoms with Crippen LogP contribution in [0.2, 0.25) is 0 Å². The van der Waals surface area contributed by atoms with Crippen molar-refractivity contribution in [2.24, 2.45) is 0 Å². The lowest BCUT2D eigenvalue weighted by Crippen LogP contribution is -2.18. The van der Waals surface area contributed by atoms with E-state index in [-0.39, 0.29) is 12.2 Å². The first kappa shape index (κ1) is 15.8. The van der Waals surface area contributed by atoms with Crippen LogP contribution in [-0.4, -0.2) is 32.1 Å². The number of benzene rings is 1. The quantitative estimate of drug-likeness (QED) is 0.228. The fourth-order valence-corrected chi connectivity index (χ4v) is 1.46. The van der Waals surface area contributed by atoms with Crippen LogP contribution in [0.25, 0.3) is 0 Å². The third kappa shape index (κ3) is 5.14. The molecule has 1 rings (SSSR count). The molecule has 0 aliphatic rings. The summed E-state index contributed by atoms with van der Waals surface area (Å²) in [6.45, 7) is 4.13. The van der Waals surface area contributed by atoms with Gasteiger partial charge in [0.25, 0.3) is 5.78 Å². The molecule has 0 unspecified atom stereocenters. The van der Waals surface area contributed by atoms with E-state index in [2.05, 4.69) is 6.58 Å². The van der Waals surface area contributed by atoms with Gasteiger partial charge >= 0.3 is 5.97 Å². The number of Topliss-reactive ketones (excluding diaryl/α,β-unsaturated/α-hetero) is 1. The summed E-state index contributed by atoms with van der Waals surface area (Å²) in [5.41, 5.74) is 0.283. The fraction of sp³-hybridized carbons (Fsp3) is 0.333. The van der Waals surface area contributed by atoms with E-state index >= 15 is 0 Å². The smallest absolute Gasteiger partial charge is 0.379 e. The highest BCUT2D eigenvalue weighted by Crippen LogP contribution is 2.12. The molecule has 0 aromatic heterocycles. The molecule has 5 nitrogen and oxygen atoms in total. The summed E-state index contributed by atoms with van der Waals surface area (Å²) in [7, 11) is 1.53. The lowest BCUT2D eigenvalue weighted by atomic mass is 10.1. The van der Waals surface area contributed by atoms with Gasteiger partial charge in [-0.2, -0.15) is 0 Å². The zero-order valence-electron chi connectivity index (χ0n) is 11.5. The predicted octanol–water partition coefficient (Wildman–Crippen LogP) is 2.36. The highest BCUT2D eigenvalue weighted by Gasteiger charge is 2.17. The summed E-state index contributed by atoms with van der Waals surface area (Å²) in [4.78, 5) is 23.3. The second-order valence-corrected chi connectivity index (χ2v) is 3.94. The molecule has 5 heteroatoms. The summed E-state index contributed by atoms with van der Waals surface area (Å²) in [6, 6.07) is 6.29. The first-order valence-electron chi connectivity index (χ1n) is 6.27. The van der Waals surface area contributed by atoms with Crippen molar-refractivity contribution in [2.45, 2.75) is 12.8 Å². The molecule has 0 aliphatic carbocycles. The number of methoxy groups -OCH3 is 1. The van der Waals surface area contributed by atoms with E-state index in [0.717, 1.165) is 6.42 Å². The molecular formula is C15H18O5. The van der Waals surface area contributed by atoms with Crippen LogP contribution in [0, 0.1) is 0 Å². The average Bonchev–Trinajstić information content (AvgIpc) is 2.50. The zero-order valence-corrected chi connectivity index (χ0v) is 11.5. The number of hydrogen-bond acceptors (Lipinski definition) is 5. The summed E-state index contributed by atoms with van der Waals surface area (Å²) >= 11 is 0. The van der Waals surface area contributed by atoms with Gasteiger partial charge in [-0.25, -0.2) is 4.79 Å². The van der Waals surface area contributed by atoms with Gasteiger partial charge in [0.2, 0.25) is 0 Å². The van der Waals surface area contributed by atoms with Gasteiger partial charge in [-0.05, 0) is 37.1 Å². The Morgan fingerprint density at radius 3 is 2.40 bits per heavy atom. The molecule has 0 atom stereocenters. The topological polar surface area (TPSA) is 61.8 Å². The van der Waals surface area contributed by atoms with Gasteiger partial charge in [-0.3, -0.25) is 4.79 Å². The second kappa shape index (κ2) is 8.74. The molecule has 20 heavy (non-hydrogen) atoms. The minimum atomic E-state index is -0.847. The molecule has 0 fully saturated rings. The minimum Gasteiger partial charge on any atom is -0.502 e. The Labute approximate surface area is 118 Å². The molecule has 108 valence electrons. The van der Waals surface area contributed by atoms with Crippen molar-refractivity contribution in [1.82, 2.24) is 0 Å². The van der Waals surface area contributed by atoms with E-state index in [4.69, 9.17) is 14.2 Å². The van der Waals surface area contributed by atoms with Gasteiger partial charge < -0.3 is 14.2 Å². The number of carbonyl (C=O) groups is 2. The van der Waals surface area contributed by atoms with Crippen molar-refractivity contribution < 1.29 is 23.8 Å². The number of ketones is 1. The summed E-state index contributed by atoms with van der Waals surface area (Å²) in [5.74, 6) is -0.882. The number of ether oxygens (including phenoxy) is 3. The van der Waals surface area contributed by atoms with Crippen LogP contribution in [0.1, 0.15) is 23.2 Å². The number of hydrogen-bond donors (Lipinski definition) is 0. The van der Waals surface area contributed by atoms with Crippen molar-refractivity contribution in [2.75, 3.05) is 20.3 Å². The van der Waals surface area contributed by atoms with E-state index in [1.54, 1.807) is 12.1 Å². The highest BCUT2D eigenvalue weighted by molar-refractivity contribution is 6.40. The van der Waals surface area contributed by atoms with Gasteiger partial charge in [0.15, 0.2) is 0 Å². The maximum atomic E-state index is 11.8. The molecule has 0 radical (unpaired) electrons. The number of carbonyl (C=O) groups excluding carboxylic acids is 2. The van der Waals surface area contributed by atoms with Crippen LogP contribution in [0.15, 0.2) is 37.1 Å². The Morgan fingerprint density at radius 1 is 1.15 bits per heavy atom. The molecule has 0 spiro atoms. The van der Waals surface area contributed by atoms with Crippen molar-refractivity contribution in [1.29, 1.82) is 0 Å². The zero-order chi connectivity index (χ0) is 14.8. The van der Waals surface area contributed by atoms with E-state index in [0.29, 0.717) is 18.8 Å². The largest absolute Gasteiger partial charge is 0.502 e. The fourth-order valence-electron chi connectivity index (χ4n) is 1.46. The van der Waals surface area contributed by atoms with Gasteiger partial charge in [-0.1, -0.05) is 6.58 Å². The predicted molar refractivity (Wildman–Crippen MR) is 73.7 cm³/mol. The number of rotatable bonds is 9. The van der Waals surface area contributed by atoms with Gasteiger partial charge in [0.05, 0.1) is 26.6 Å². The van der Waals surface area contributed by atoms with E-state index in [1.165, 1.54) is 25.5 Å². The lowest BCUT2D eigenvalue weighted by Gasteiger charge is -2.05. The third-order valence-corrected chi connectivity index (χ3v) is 2.55. The van der Waals surface area contributed by atoms with Crippen LogP contribution in [-0.2, 0) is 14.3 Å². The molecular weight excluding hydrogens is 260 g/mol. The lowest BCUT2D eigenvalue weighted by molar-refractivity contribution is -0.138. The SMILES string of the molecule is C=COCCCCOC(=O)C(=O)c1ccc(OC)cc1. The maximum Gasteiger partial charge on any atom is 0.379 e. The summed E-state index contributed by atoms with van der Waals surface area (Å²) in [6.07, 6.45) is 2.73. The van der Waals surface area contributed by atoms with E-state index < -0.39 is 11.8 Å². The van der Waals surface area contributed by atoms with Crippen molar-refractivity contribution in [3.8, 4) is 5.75 Å². The van der Waals surface area contributed by atoms with Crippen molar-refractivity contribution in [3.63, 3.8) is 0 Å². The van der Waals surface area contributed by atoms with Gasteiger partial charge in [-0.15, -0.1) is 0 Å². The van der Waals surface area contributed by atoms with Crippen molar-refractivity contribution in [3.05, 3.63) is 42.7 Å². The molecule has 0 amide bonds. The van der Waals surface area contributed by atoms with E-state index in [1.807, 2.05) is 0 Å². The van der Waals surface area contributed by atoms with Crippen LogP contribution < -0.4 is 4.74 Å². The first-order valence-corrected chi connectivity index (χ1v) is 6.27. The molecule has 0 saturated carbocycles. The second-order valence-electron chi connectivity index (χ2n) is 3.94. The molecule has 0 aliphatic heterocycles. The normalized spacial score (nSPS) is 9.65. The Hall–Kier alpha value is -2.30. The molecule has 0 heterocycles. The minimum absolute atomic E-state index is 0.196. The number of unbranched alkanes of at least 4 members (excludes halogenated alkanes) is 1. The molecule has 0 N–H and O–H groups in total. The Balaban J connectivity index is 2.34. The number of esters is 1. The molecule has 0 bridgehead atoms. The van der Waals surface area contributed by atoms with Gasteiger partial charge in [0, 0.05) is 5.56 Å². The Morgan fingerprint density at radius 2 is 1.80 bits per heavy atom. The Bertz CT molecular complexity index is 450. The molecule has 1 aromatic rings. The monoisotopic (exact) mass is 278 g/mol.